The summed E-state index contributed by atoms with van der Waals surface area (Å²) in [6.07, 6.45) is 5.04. The Balaban J connectivity index is 1.55. The molecule has 0 bridgehead atoms. The van der Waals surface area contributed by atoms with Crippen LogP contribution in [0.1, 0.15) is 44.4 Å². The molecule has 1 atom stereocenters. The summed E-state index contributed by atoms with van der Waals surface area (Å²) >= 11 is 1.70. The summed E-state index contributed by atoms with van der Waals surface area (Å²) in [5, 5.41) is 7.24. The second kappa shape index (κ2) is 7.19. The van der Waals surface area contributed by atoms with Crippen molar-refractivity contribution in [3.8, 4) is 0 Å². The quantitative estimate of drug-likeness (QED) is 0.815. The summed E-state index contributed by atoms with van der Waals surface area (Å²) < 4.78 is 5.45. The molecular weight excluding hydrogens is 298 g/mol. The molecule has 1 unspecified atom stereocenters. The number of nitrogens with zero attached hydrogens (tertiary/aromatic N) is 5. The van der Waals surface area contributed by atoms with Crippen molar-refractivity contribution < 1.29 is 4.52 Å². The first kappa shape index (κ1) is 15.4. The molecule has 1 fully saturated rings. The third kappa shape index (κ3) is 3.47. The van der Waals surface area contributed by atoms with Crippen LogP contribution < -0.4 is 4.90 Å². The normalized spacial score (nSPS) is 17.8. The number of piperazine rings is 1. The lowest BCUT2D eigenvalue weighted by Crippen LogP contribution is -2.47. The second-order valence-electron chi connectivity index (χ2n) is 5.67. The van der Waals surface area contributed by atoms with Crippen molar-refractivity contribution in [2.24, 2.45) is 0 Å². The molecule has 0 amide bonds. The van der Waals surface area contributed by atoms with E-state index in [-0.39, 0.29) is 6.04 Å². The highest BCUT2D eigenvalue weighted by Gasteiger charge is 2.26. The molecule has 0 saturated carbocycles. The fourth-order valence-electron chi connectivity index (χ4n) is 2.70. The number of thiazole rings is 1. The Hall–Kier alpha value is -1.47. The minimum Gasteiger partial charge on any atom is -0.346 e. The van der Waals surface area contributed by atoms with E-state index in [1.165, 1.54) is 0 Å². The van der Waals surface area contributed by atoms with Crippen molar-refractivity contribution in [1.29, 1.82) is 0 Å². The number of rotatable bonds is 6. The second-order valence-corrected chi connectivity index (χ2v) is 6.54. The molecule has 1 saturated heterocycles. The first-order chi connectivity index (χ1) is 10.8. The van der Waals surface area contributed by atoms with Crippen LogP contribution >= 0.6 is 11.3 Å². The van der Waals surface area contributed by atoms with Gasteiger partial charge in [0.15, 0.2) is 11.0 Å². The lowest BCUT2D eigenvalue weighted by Gasteiger charge is -2.36. The van der Waals surface area contributed by atoms with E-state index in [1.54, 1.807) is 11.3 Å². The van der Waals surface area contributed by atoms with E-state index in [1.807, 2.05) is 11.6 Å². The van der Waals surface area contributed by atoms with Gasteiger partial charge < -0.3 is 9.42 Å². The van der Waals surface area contributed by atoms with Crippen molar-refractivity contribution in [3.05, 3.63) is 23.3 Å². The largest absolute Gasteiger partial charge is 0.346 e. The fraction of sp³-hybridized carbons (Fsp3) is 0.667. The van der Waals surface area contributed by atoms with E-state index < -0.39 is 0 Å². The van der Waals surface area contributed by atoms with Gasteiger partial charge >= 0.3 is 0 Å². The molecule has 6 nitrogen and oxygen atoms in total. The van der Waals surface area contributed by atoms with Crippen LogP contribution in [0, 0.1) is 0 Å². The van der Waals surface area contributed by atoms with Crippen LogP contribution in [-0.2, 0) is 6.42 Å². The Morgan fingerprint density at radius 3 is 2.82 bits per heavy atom. The number of hydrogen-bond donors (Lipinski definition) is 0. The molecule has 0 radical (unpaired) electrons. The molecule has 0 N–H and O–H groups in total. The molecule has 1 aliphatic rings. The number of unbranched alkanes of at least 4 members (excludes halogenated alkanes) is 1. The minimum atomic E-state index is 0.182. The Kier molecular flexibility index (Phi) is 5.04. The van der Waals surface area contributed by atoms with Crippen molar-refractivity contribution in [2.75, 3.05) is 31.1 Å². The minimum absolute atomic E-state index is 0.182. The first-order valence-corrected chi connectivity index (χ1v) is 8.87. The molecule has 22 heavy (non-hydrogen) atoms. The highest BCUT2D eigenvalue weighted by Crippen LogP contribution is 2.24. The first-order valence-electron chi connectivity index (χ1n) is 7.99. The molecule has 3 rings (SSSR count). The van der Waals surface area contributed by atoms with E-state index in [2.05, 4.69) is 38.8 Å². The molecule has 2 aromatic rings. The van der Waals surface area contributed by atoms with E-state index in [0.29, 0.717) is 0 Å². The van der Waals surface area contributed by atoms with Crippen molar-refractivity contribution >= 4 is 16.5 Å². The average Bonchev–Trinajstić information content (AvgIpc) is 3.24. The van der Waals surface area contributed by atoms with Gasteiger partial charge in [-0.25, -0.2) is 4.98 Å². The predicted octanol–water partition coefficient (Wildman–Crippen LogP) is 2.75. The van der Waals surface area contributed by atoms with Crippen LogP contribution in [0.25, 0.3) is 0 Å². The van der Waals surface area contributed by atoms with Crippen LogP contribution in [0.2, 0.25) is 0 Å². The maximum absolute atomic E-state index is 5.45. The Morgan fingerprint density at radius 1 is 1.32 bits per heavy atom. The molecule has 7 heteroatoms. The maximum Gasteiger partial charge on any atom is 0.243 e. The molecule has 0 aliphatic carbocycles. The maximum atomic E-state index is 5.45. The monoisotopic (exact) mass is 321 g/mol. The zero-order chi connectivity index (χ0) is 15.4. The molecule has 0 aromatic carbocycles. The Labute approximate surface area is 135 Å². The number of hydrogen-bond acceptors (Lipinski definition) is 7. The summed E-state index contributed by atoms with van der Waals surface area (Å²) in [5.41, 5.74) is 0. The van der Waals surface area contributed by atoms with Gasteiger partial charge in [-0.05, 0) is 13.3 Å². The zero-order valence-electron chi connectivity index (χ0n) is 13.2. The predicted molar refractivity (Wildman–Crippen MR) is 87.2 cm³/mol. The summed E-state index contributed by atoms with van der Waals surface area (Å²) in [4.78, 5) is 13.7. The van der Waals surface area contributed by atoms with Gasteiger partial charge in [0.1, 0.15) is 0 Å². The van der Waals surface area contributed by atoms with Crippen LogP contribution in [0.15, 0.2) is 16.1 Å². The number of anilines is 1. The van der Waals surface area contributed by atoms with E-state index >= 15 is 0 Å². The average molecular weight is 321 g/mol. The van der Waals surface area contributed by atoms with Gasteiger partial charge in [0.25, 0.3) is 0 Å². The van der Waals surface area contributed by atoms with Crippen LogP contribution in [-0.4, -0.2) is 46.2 Å². The number of aryl methyl sites for hydroxylation is 1. The third-order valence-corrected chi connectivity index (χ3v) is 4.98. The van der Waals surface area contributed by atoms with Crippen LogP contribution in [0.3, 0.4) is 0 Å². The topological polar surface area (TPSA) is 58.3 Å². The standard InChI is InChI=1S/C15H23N5OS/c1-3-4-5-13-17-14(21-18-13)12(2)19-7-9-20(10-8-19)15-16-6-11-22-15/h6,11-12H,3-5,7-10H2,1-2H3. The van der Waals surface area contributed by atoms with Gasteiger partial charge in [-0.1, -0.05) is 18.5 Å². The van der Waals surface area contributed by atoms with Crippen molar-refractivity contribution in [2.45, 2.75) is 39.2 Å². The van der Waals surface area contributed by atoms with Gasteiger partial charge in [0.2, 0.25) is 5.89 Å². The Bertz CT molecular complexity index is 562. The summed E-state index contributed by atoms with van der Waals surface area (Å²) in [5.74, 6) is 1.58. The smallest absolute Gasteiger partial charge is 0.243 e. The van der Waals surface area contributed by atoms with Crippen LogP contribution in [0.5, 0.6) is 0 Å². The molecular formula is C15H23N5OS. The lowest BCUT2D eigenvalue weighted by molar-refractivity contribution is 0.164. The lowest BCUT2D eigenvalue weighted by atomic mass is 10.2. The summed E-state index contributed by atoms with van der Waals surface area (Å²) in [6, 6.07) is 0.182. The van der Waals surface area contributed by atoms with Gasteiger partial charge in [-0.3, -0.25) is 4.90 Å². The van der Waals surface area contributed by atoms with Crippen LogP contribution in [0.4, 0.5) is 5.13 Å². The van der Waals surface area contributed by atoms with Gasteiger partial charge in [-0.15, -0.1) is 11.3 Å². The SMILES string of the molecule is CCCCc1noc(C(C)N2CCN(c3nccs3)CC2)n1. The van der Waals surface area contributed by atoms with Crippen molar-refractivity contribution in [3.63, 3.8) is 0 Å². The molecule has 120 valence electrons. The van der Waals surface area contributed by atoms with Gasteiger partial charge in [0.05, 0.1) is 6.04 Å². The molecule has 1 aliphatic heterocycles. The molecule has 2 aromatic heterocycles. The fourth-order valence-corrected chi connectivity index (χ4v) is 3.40. The third-order valence-electron chi connectivity index (χ3n) is 4.15. The van der Waals surface area contributed by atoms with E-state index in [9.17, 15) is 0 Å². The number of aromatic nitrogens is 3. The highest BCUT2D eigenvalue weighted by atomic mass is 32.1. The summed E-state index contributed by atoms with van der Waals surface area (Å²) in [6.45, 7) is 8.30. The Morgan fingerprint density at radius 2 is 2.14 bits per heavy atom. The van der Waals surface area contributed by atoms with Gasteiger partial charge in [0, 0.05) is 44.2 Å². The zero-order valence-corrected chi connectivity index (χ0v) is 14.1. The molecule has 0 spiro atoms. The van der Waals surface area contributed by atoms with Gasteiger partial charge in [-0.2, -0.15) is 4.98 Å². The molecule has 3 heterocycles. The van der Waals surface area contributed by atoms with E-state index in [4.69, 9.17) is 4.52 Å². The van der Waals surface area contributed by atoms with E-state index in [0.717, 1.165) is 62.3 Å². The highest BCUT2D eigenvalue weighted by molar-refractivity contribution is 7.13. The van der Waals surface area contributed by atoms with Crippen molar-refractivity contribution in [1.82, 2.24) is 20.0 Å². The summed E-state index contributed by atoms with van der Waals surface area (Å²) in [7, 11) is 0.